The first kappa shape index (κ1) is 11.9. The van der Waals surface area contributed by atoms with Crippen LogP contribution in [0.2, 0.25) is 0 Å². The van der Waals surface area contributed by atoms with Gasteiger partial charge in [-0.1, -0.05) is 29.3 Å². The van der Waals surface area contributed by atoms with Crippen LogP contribution in [-0.4, -0.2) is 11.1 Å². The van der Waals surface area contributed by atoms with E-state index in [4.69, 9.17) is 4.74 Å². The van der Waals surface area contributed by atoms with Gasteiger partial charge < -0.3 is 4.74 Å². The zero-order valence-corrected chi connectivity index (χ0v) is 11.2. The molecule has 2 unspecified atom stereocenters. The minimum atomic E-state index is 0.389. The van der Waals surface area contributed by atoms with Crippen LogP contribution in [0, 0.1) is 5.92 Å². The Hall–Kier alpha value is -0.570. The van der Waals surface area contributed by atoms with Crippen molar-refractivity contribution in [2.45, 2.75) is 44.0 Å². The second-order valence-corrected chi connectivity index (χ2v) is 5.19. The number of hydrogen-bond acceptors (Lipinski definition) is 2. The number of halogens is 1. The fraction of sp³-hybridized carbons (Fsp3) is 0.615. The molecule has 1 saturated carbocycles. The lowest BCUT2D eigenvalue weighted by atomic mass is 9.89. The van der Waals surface area contributed by atoms with Crippen LogP contribution in [0.4, 0.5) is 0 Å². The van der Waals surface area contributed by atoms with Crippen LogP contribution in [0.15, 0.2) is 18.3 Å². The number of alkyl halides is 1. The van der Waals surface area contributed by atoms with Crippen LogP contribution < -0.4 is 4.74 Å². The van der Waals surface area contributed by atoms with Gasteiger partial charge >= 0.3 is 0 Å². The summed E-state index contributed by atoms with van der Waals surface area (Å²) < 4.78 is 5.95. The van der Waals surface area contributed by atoms with E-state index in [1.165, 1.54) is 25.7 Å². The lowest BCUT2D eigenvalue weighted by Crippen LogP contribution is -2.24. The highest BCUT2D eigenvalue weighted by Gasteiger charge is 2.20. The smallest absolute Gasteiger partial charge is 0.138 e. The maximum Gasteiger partial charge on any atom is 0.138 e. The zero-order valence-electron chi connectivity index (χ0n) is 9.66. The second kappa shape index (κ2) is 5.67. The topological polar surface area (TPSA) is 22.1 Å². The van der Waals surface area contributed by atoms with E-state index in [0.717, 1.165) is 22.7 Å². The first-order valence-corrected chi connectivity index (χ1v) is 7.07. The van der Waals surface area contributed by atoms with Gasteiger partial charge in [-0.15, -0.1) is 0 Å². The predicted molar refractivity (Wildman–Crippen MR) is 68.9 cm³/mol. The summed E-state index contributed by atoms with van der Waals surface area (Å²) >= 11 is 3.39. The molecule has 0 amide bonds. The highest BCUT2D eigenvalue weighted by molar-refractivity contribution is 9.08. The summed E-state index contributed by atoms with van der Waals surface area (Å²) in [6, 6.07) is 4.03. The Bertz CT molecular complexity index is 325. The number of aromatic nitrogens is 1. The summed E-state index contributed by atoms with van der Waals surface area (Å²) in [5, 5.41) is 0.799. The van der Waals surface area contributed by atoms with Gasteiger partial charge in [0.25, 0.3) is 0 Å². The van der Waals surface area contributed by atoms with E-state index in [1.807, 2.05) is 18.3 Å². The highest BCUT2D eigenvalue weighted by atomic mass is 79.9. The van der Waals surface area contributed by atoms with E-state index in [1.54, 1.807) is 0 Å². The van der Waals surface area contributed by atoms with E-state index in [-0.39, 0.29) is 0 Å². The fourth-order valence-corrected chi connectivity index (χ4v) is 2.57. The van der Waals surface area contributed by atoms with Crippen LogP contribution in [0.1, 0.15) is 38.3 Å². The quantitative estimate of drug-likeness (QED) is 0.784. The minimum absolute atomic E-state index is 0.389. The molecule has 2 nitrogen and oxygen atoms in total. The average molecular weight is 284 g/mol. The third-order valence-corrected chi connectivity index (χ3v) is 3.70. The molecule has 16 heavy (non-hydrogen) atoms. The lowest BCUT2D eigenvalue weighted by Gasteiger charge is -2.27. The van der Waals surface area contributed by atoms with Crippen molar-refractivity contribution in [1.29, 1.82) is 0 Å². The Labute approximate surface area is 106 Å². The molecule has 0 aliphatic heterocycles. The van der Waals surface area contributed by atoms with E-state index in [9.17, 15) is 0 Å². The molecular weight excluding hydrogens is 266 g/mol. The van der Waals surface area contributed by atoms with Gasteiger partial charge in [0.1, 0.15) is 5.75 Å². The van der Waals surface area contributed by atoms with Gasteiger partial charge in [-0.2, -0.15) is 0 Å². The van der Waals surface area contributed by atoms with Crippen molar-refractivity contribution in [2.75, 3.05) is 0 Å². The van der Waals surface area contributed by atoms with Gasteiger partial charge in [0.15, 0.2) is 0 Å². The normalized spacial score (nSPS) is 25.4. The molecule has 3 heteroatoms. The Morgan fingerprint density at radius 1 is 1.44 bits per heavy atom. The van der Waals surface area contributed by atoms with E-state index >= 15 is 0 Å². The Morgan fingerprint density at radius 3 is 2.94 bits per heavy atom. The van der Waals surface area contributed by atoms with Crippen LogP contribution in [0.25, 0.3) is 0 Å². The maximum absolute atomic E-state index is 5.95. The molecule has 1 aromatic rings. The van der Waals surface area contributed by atoms with E-state index < -0.39 is 0 Å². The molecule has 0 aromatic carbocycles. The summed E-state index contributed by atoms with van der Waals surface area (Å²) in [5.41, 5.74) is 1.05. The Kier molecular flexibility index (Phi) is 4.22. The number of ether oxygens (including phenoxy) is 1. The van der Waals surface area contributed by atoms with Crippen molar-refractivity contribution in [3.63, 3.8) is 0 Å². The molecule has 2 rings (SSSR count). The van der Waals surface area contributed by atoms with Crippen molar-refractivity contribution < 1.29 is 4.74 Å². The van der Waals surface area contributed by atoms with Gasteiger partial charge in [0.05, 0.1) is 18.0 Å². The number of rotatable bonds is 3. The molecule has 1 fully saturated rings. The van der Waals surface area contributed by atoms with Crippen molar-refractivity contribution >= 4 is 15.9 Å². The largest absolute Gasteiger partial charge is 0.489 e. The average Bonchev–Trinajstić information content (AvgIpc) is 2.30. The number of pyridine rings is 1. The first-order valence-electron chi connectivity index (χ1n) is 5.95. The molecular formula is C13H18BrNO. The molecule has 0 bridgehead atoms. The molecule has 1 aliphatic carbocycles. The number of nitrogens with zero attached hydrogens (tertiary/aromatic N) is 1. The van der Waals surface area contributed by atoms with Crippen LogP contribution in [0.5, 0.6) is 5.75 Å². The van der Waals surface area contributed by atoms with Gasteiger partial charge in [0.2, 0.25) is 0 Å². The molecule has 2 atom stereocenters. The predicted octanol–water partition coefficient (Wildman–Crippen LogP) is 3.93. The van der Waals surface area contributed by atoms with Crippen molar-refractivity contribution in [2.24, 2.45) is 5.92 Å². The number of hydrogen-bond donors (Lipinski definition) is 0. The molecule has 1 aliphatic rings. The second-order valence-electron chi connectivity index (χ2n) is 4.63. The van der Waals surface area contributed by atoms with Crippen molar-refractivity contribution in [3.8, 4) is 5.75 Å². The molecule has 0 saturated heterocycles. The molecule has 88 valence electrons. The van der Waals surface area contributed by atoms with Gasteiger partial charge in [0, 0.05) is 5.33 Å². The Morgan fingerprint density at radius 2 is 2.31 bits per heavy atom. The van der Waals surface area contributed by atoms with Crippen molar-refractivity contribution in [3.05, 3.63) is 24.0 Å². The molecule has 1 heterocycles. The van der Waals surface area contributed by atoms with E-state index in [0.29, 0.717) is 6.10 Å². The van der Waals surface area contributed by atoms with Crippen LogP contribution >= 0.6 is 15.9 Å². The molecule has 0 radical (unpaired) electrons. The fourth-order valence-electron chi connectivity index (χ4n) is 2.24. The molecule has 0 N–H and O–H groups in total. The van der Waals surface area contributed by atoms with E-state index in [2.05, 4.69) is 27.8 Å². The minimum Gasteiger partial charge on any atom is -0.489 e. The summed E-state index contributed by atoms with van der Waals surface area (Å²) in [4.78, 5) is 4.31. The highest BCUT2D eigenvalue weighted by Crippen LogP contribution is 2.27. The molecule has 0 spiro atoms. The molecule has 1 aromatic heterocycles. The third-order valence-electron chi connectivity index (χ3n) is 3.13. The van der Waals surface area contributed by atoms with Crippen molar-refractivity contribution in [1.82, 2.24) is 4.98 Å². The van der Waals surface area contributed by atoms with Crippen LogP contribution in [0.3, 0.4) is 0 Å². The summed E-state index contributed by atoms with van der Waals surface area (Å²) in [6.07, 6.45) is 7.22. The SMILES string of the molecule is CC1CCCC(Oc2ccc(CBr)nc2)C1. The maximum atomic E-state index is 5.95. The monoisotopic (exact) mass is 283 g/mol. The van der Waals surface area contributed by atoms with Crippen LogP contribution in [-0.2, 0) is 5.33 Å². The van der Waals surface area contributed by atoms with Gasteiger partial charge in [-0.05, 0) is 37.3 Å². The summed E-state index contributed by atoms with van der Waals surface area (Å²) in [7, 11) is 0. The standard InChI is InChI=1S/C13H18BrNO/c1-10-3-2-4-12(7-10)16-13-6-5-11(8-14)15-9-13/h5-6,9-10,12H,2-4,7-8H2,1H3. The lowest BCUT2D eigenvalue weighted by molar-refractivity contribution is 0.128. The summed E-state index contributed by atoms with van der Waals surface area (Å²) in [5.74, 6) is 1.71. The third kappa shape index (κ3) is 3.21. The van der Waals surface area contributed by atoms with Gasteiger partial charge in [-0.3, -0.25) is 4.98 Å². The van der Waals surface area contributed by atoms with Gasteiger partial charge in [-0.25, -0.2) is 0 Å². The zero-order chi connectivity index (χ0) is 11.4. The first-order chi connectivity index (χ1) is 7.78. The summed E-state index contributed by atoms with van der Waals surface area (Å²) in [6.45, 7) is 2.31. The Balaban J connectivity index is 1.92.